The van der Waals surface area contributed by atoms with Crippen LogP contribution in [0.5, 0.6) is 0 Å². The highest BCUT2D eigenvalue weighted by Gasteiger charge is 2.10. The van der Waals surface area contributed by atoms with Crippen molar-refractivity contribution in [3.8, 4) is 0 Å². The number of nitrogens with one attached hydrogen (secondary N) is 3. The fourth-order valence-corrected chi connectivity index (χ4v) is 3.06. The number of carbonyl (C=O) groups is 2. The molecule has 2 aromatic rings. The van der Waals surface area contributed by atoms with Crippen LogP contribution in [0.3, 0.4) is 0 Å². The minimum atomic E-state index is -0.289. The first-order chi connectivity index (χ1) is 13.4. The predicted molar refractivity (Wildman–Crippen MR) is 123 cm³/mol. The summed E-state index contributed by atoms with van der Waals surface area (Å²) in [5.41, 5.74) is 2.76. The number of thiocarbonyl (C=S) groups is 1. The molecule has 0 fully saturated rings. The summed E-state index contributed by atoms with van der Waals surface area (Å²) in [6, 6.07) is 12.4. The highest BCUT2D eigenvalue weighted by molar-refractivity contribution is 14.1. The molecule has 0 unspecified atom stereocenters. The fourth-order valence-electron chi connectivity index (χ4n) is 2.33. The van der Waals surface area contributed by atoms with E-state index >= 15 is 0 Å². The van der Waals surface area contributed by atoms with E-state index in [9.17, 15) is 9.59 Å². The third-order valence-electron chi connectivity index (χ3n) is 3.85. The highest BCUT2D eigenvalue weighted by Crippen LogP contribution is 2.14. The van der Waals surface area contributed by atoms with E-state index in [-0.39, 0.29) is 16.9 Å². The maximum Gasteiger partial charge on any atom is 0.257 e. The Morgan fingerprint density at radius 3 is 2.57 bits per heavy atom. The SMILES string of the molecule is COCCCNC(=O)c1cccc(NC(=S)NC(=O)c2ccc(C)c(I)c2)c1. The average Bonchev–Trinajstić information content (AvgIpc) is 2.67. The molecule has 28 heavy (non-hydrogen) atoms. The standard InChI is InChI=1S/C20H22IN3O3S/c1-13-7-8-15(12-17(13)21)19(26)24-20(28)23-16-6-3-5-14(11-16)18(25)22-9-4-10-27-2/h3,5-8,11-12H,4,9-10H2,1-2H3,(H,22,25)(H2,23,24,26,28). The molecule has 8 heteroatoms. The van der Waals surface area contributed by atoms with Crippen LogP contribution in [-0.4, -0.2) is 37.2 Å². The van der Waals surface area contributed by atoms with Crippen molar-refractivity contribution in [3.63, 3.8) is 0 Å². The molecule has 0 aliphatic carbocycles. The zero-order valence-electron chi connectivity index (χ0n) is 15.7. The second-order valence-corrected chi connectivity index (χ2v) is 7.63. The monoisotopic (exact) mass is 511 g/mol. The zero-order chi connectivity index (χ0) is 20.5. The van der Waals surface area contributed by atoms with Crippen LogP contribution in [0.1, 0.15) is 32.7 Å². The van der Waals surface area contributed by atoms with Crippen LogP contribution >= 0.6 is 34.8 Å². The molecule has 3 N–H and O–H groups in total. The van der Waals surface area contributed by atoms with Gasteiger partial charge in [-0.15, -0.1) is 0 Å². The third-order valence-corrected chi connectivity index (χ3v) is 5.22. The molecule has 0 radical (unpaired) electrons. The van der Waals surface area contributed by atoms with Gasteiger partial charge in [0.2, 0.25) is 0 Å². The average molecular weight is 511 g/mol. The van der Waals surface area contributed by atoms with Gasteiger partial charge in [-0.05, 0) is 84.0 Å². The van der Waals surface area contributed by atoms with Gasteiger partial charge in [-0.1, -0.05) is 12.1 Å². The first-order valence-electron chi connectivity index (χ1n) is 8.66. The van der Waals surface area contributed by atoms with Crippen LogP contribution in [-0.2, 0) is 4.74 Å². The number of rotatable bonds is 7. The minimum absolute atomic E-state index is 0.165. The van der Waals surface area contributed by atoms with Gasteiger partial charge in [0.1, 0.15) is 0 Å². The molecule has 0 aliphatic rings. The van der Waals surface area contributed by atoms with Gasteiger partial charge in [-0.2, -0.15) is 0 Å². The molecular formula is C20H22IN3O3S. The van der Waals surface area contributed by atoms with Gasteiger partial charge in [0.15, 0.2) is 5.11 Å². The van der Waals surface area contributed by atoms with Gasteiger partial charge in [-0.25, -0.2) is 0 Å². The number of methoxy groups -OCH3 is 1. The van der Waals surface area contributed by atoms with Crippen LogP contribution in [0.25, 0.3) is 0 Å². The lowest BCUT2D eigenvalue weighted by Gasteiger charge is -2.11. The number of anilines is 1. The number of amides is 2. The fraction of sp³-hybridized carbons (Fsp3) is 0.250. The Morgan fingerprint density at radius 2 is 1.86 bits per heavy atom. The van der Waals surface area contributed by atoms with Gasteiger partial charge in [0.05, 0.1) is 0 Å². The van der Waals surface area contributed by atoms with Crippen LogP contribution < -0.4 is 16.0 Å². The molecule has 0 aromatic heterocycles. The number of ether oxygens (including phenoxy) is 1. The summed E-state index contributed by atoms with van der Waals surface area (Å²) in [6.07, 6.45) is 0.744. The summed E-state index contributed by atoms with van der Waals surface area (Å²) in [7, 11) is 1.62. The van der Waals surface area contributed by atoms with Crippen molar-refractivity contribution in [2.24, 2.45) is 0 Å². The molecule has 0 spiro atoms. The molecule has 0 aliphatic heterocycles. The van der Waals surface area contributed by atoms with E-state index in [1.54, 1.807) is 37.4 Å². The Morgan fingerprint density at radius 1 is 1.11 bits per heavy atom. The minimum Gasteiger partial charge on any atom is -0.385 e. The molecule has 2 amide bonds. The van der Waals surface area contributed by atoms with E-state index in [0.29, 0.717) is 30.0 Å². The smallest absolute Gasteiger partial charge is 0.257 e. The predicted octanol–water partition coefficient (Wildman–Crippen LogP) is 3.49. The Balaban J connectivity index is 1.93. The summed E-state index contributed by atoms with van der Waals surface area (Å²) in [5, 5.41) is 8.58. The molecule has 0 atom stereocenters. The Kier molecular flexibility index (Phi) is 8.81. The van der Waals surface area contributed by atoms with Crippen molar-refractivity contribution in [3.05, 3.63) is 62.7 Å². The van der Waals surface area contributed by atoms with Crippen molar-refractivity contribution in [2.75, 3.05) is 25.6 Å². The van der Waals surface area contributed by atoms with Crippen LogP contribution in [0.4, 0.5) is 5.69 Å². The topological polar surface area (TPSA) is 79.5 Å². The van der Waals surface area contributed by atoms with Crippen molar-refractivity contribution in [2.45, 2.75) is 13.3 Å². The number of aryl methyl sites for hydroxylation is 1. The molecule has 148 valence electrons. The molecule has 0 heterocycles. The van der Waals surface area contributed by atoms with Crippen molar-refractivity contribution < 1.29 is 14.3 Å². The van der Waals surface area contributed by atoms with Gasteiger partial charge in [-0.3, -0.25) is 14.9 Å². The lowest BCUT2D eigenvalue weighted by Crippen LogP contribution is -2.34. The molecule has 0 bridgehead atoms. The van der Waals surface area contributed by atoms with Crippen LogP contribution in [0.2, 0.25) is 0 Å². The largest absolute Gasteiger partial charge is 0.385 e. The first kappa shape index (κ1) is 22.3. The number of hydrogen-bond acceptors (Lipinski definition) is 4. The maximum absolute atomic E-state index is 12.3. The van der Waals surface area contributed by atoms with E-state index in [1.165, 1.54) is 0 Å². The van der Waals surface area contributed by atoms with Gasteiger partial charge < -0.3 is 15.4 Å². The first-order valence-corrected chi connectivity index (χ1v) is 10.1. The van der Waals surface area contributed by atoms with E-state index < -0.39 is 0 Å². The lowest BCUT2D eigenvalue weighted by atomic mass is 10.1. The van der Waals surface area contributed by atoms with E-state index in [2.05, 4.69) is 38.5 Å². The van der Waals surface area contributed by atoms with Gasteiger partial charge in [0, 0.05) is 40.6 Å². The Hall–Kier alpha value is -2.04. The summed E-state index contributed by atoms with van der Waals surface area (Å²) in [4.78, 5) is 24.5. The summed E-state index contributed by atoms with van der Waals surface area (Å²) in [5.74, 6) is -0.466. The van der Waals surface area contributed by atoms with E-state index in [0.717, 1.165) is 15.6 Å². The molecule has 2 aromatic carbocycles. The Labute approximate surface area is 183 Å². The van der Waals surface area contributed by atoms with Crippen molar-refractivity contribution in [1.29, 1.82) is 0 Å². The van der Waals surface area contributed by atoms with Crippen LogP contribution in [0.15, 0.2) is 42.5 Å². The van der Waals surface area contributed by atoms with Gasteiger partial charge >= 0.3 is 0 Å². The highest BCUT2D eigenvalue weighted by atomic mass is 127. The summed E-state index contributed by atoms with van der Waals surface area (Å²) in [6.45, 7) is 3.11. The normalized spacial score (nSPS) is 10.2. The molecule has 2 rings (SSSR count). The molecular weight excluding hydrogens is 489 g/mol. The van der Waals surface area contributed by atoms with E-state index in [1.807, 2.05) is 19.1 Å². The summed E-state index contributed by atoms with van der Waals surface area (Å²) < 4.78 is 5.97. The van der Waals surface area contributed by atoms with Gasteiger partial charge in [0.25, 0.3) is 11.8 Å². The second-order valence-electron chi connectivity index (χ2n) is 6.06. The van der Waals surface area contributed by atoms with Crippen molar-refractivity contribution in [1.82, 2.24) is 10.6 Å². The second kappa shape index (κ2) is 11.1. The quantitative estimate of drug-likeness (QED) is 0.302. The zero-order valence-corrected chi connectivity index (χ0v) is 18.6. The number of carbonyl (C=O) groups excluding carboxylic acids is 2. The lowest BCUT2D eigenvalue weighted by molar-refractivity contribution is 0.0946. The molecule has 0 saturated heterocycles. The van der Waals surface area contributed by atoms with Crippen LogP contribution in [0, 0.1) is 10.5 Å². The number of hydrogen-bond donors (Lipinski definition) is 3. The summed E-state index contributed by atoms with van der Waals surface area (Å²) >= 11 is 7.41. The van der Waals surface area contributed by atoms with E-state index in [4.69, 9.17) is 17.0 Å². The maximum atomic E-state index is 12.3. The third kappa shape index (κ3) is 6.84. The Bertz CT molecular complexity index is 874. The van der Waals surface area contributed by atoms with Crippen molar-refractivity contribution >= 4 is 57.4 Å². The molecule has 0 saturated carbocycles. The number of benzene rings is 2. The number of halogens is 1. The molecule has 6 nitrogen and oxygen atoms in total.